The molecule has 1 aromatic heterocycles. The smallest absolute Gasteiger partial charge is 0.131 e. The number of rotatable bonds is 4. The third-order valence-corrected chi connectivity index (χ3v) is 4.19. The van der Waals surface area contributed by atoms with Gasteiger partial charge in [0, 0.05) is 38.4 Å². The van der Waals surface area contributed by atoms with E-state index in [0.717, 1.165) is 49.5 Å². The lowest BCUT2D eigenvalue weighted by Gasteiger charge is -2.38. The second kappa shape index (κ2) is 6.55. The molecule has 1 atom stereocenters. The minimum absolute atomic E-state index is 0.395. The third kappa shape index (κ3) is 3.30. The summed E-state index contributed by atoms with van der Waals surface area (Å²) in [6.45, 7) is 12.8. The summed E-state index contributed by atoms with van der Waals surface area (Å²) in [5, 5.41) is 9.89. The molecule has 20 heavy (non-hydrogen) atoms. The van der Waals surface area contributed by atoms with Crippen LogP contribution in [0.3, 0.4) is 0 Å². The number of pyridine rings is 1. The first-order valence-corrected chi connectivity index (χ1v) is 7.66. The highest BCUT2D eigenvalue weighted by molar-refractivity contribution is 5.48. The van der Waals surface area contributed by atoms with Gasteiger partial charge in [-0.1, -0.05) is 6.92 Å². The Kier molecular flexibility index (Phi) is 5.00. The van der Waals surface area contributed by atoms with Crippen molar-refractivity contribution >= 4 is 5.82 Å². The first-order valence-electron chi connectivity index (χ1n) is 7.66. The Balaban J connectivity index is 2.07. The Labute approximate surface area is 122 Å². The molecule has 2 rings (SSSR count). The fourth-order valence-electron chi connectivity index (χ4n) is 2.79. The summed E-state index contributed by atoms with van der Waals surface area (Å²) in [6.07, 6.45) is 2.16. The second-order valence-corrected chi connectivity index (χ2v) is 5.95. The molecular weight excluding hydrogens is 250 g/mol. The van der Waals surface area contributed by atoms with Gasteiger partial charge in [-0.15, -0.1) is 0 Å². The maximum absolute atomic E-state index is 9.89. The molecule has 1 saturated heterocycles. The van der Waals surface area contributed by atoms with Gasteiger partial charge in [-0.25, -0.2) is 4.98 Å². The van der Waals surface area contributed by atoms with Gasteiger partial charge in [0.1, 0.15) is 5.82 Å². The molecule has 0 aromatic carbocycles. The Hall–Kier alpha value is -1.13. The summed E-state index contributed by atoms with van der Waals surface area (Å²) < 4.78 is 0. The molecule has 0 aliphatic carbocycles. The standard InChI is InChI=1S/C16H27N3O/c1-5-15(20)14-10-13(4)16(17-11-14)19-8-6-18(7-9-19)12(2)3/h10-12,15,20H,5-9H2,1-4H3/t15-/m0/s1. The van der Waals surface area contributed by atoms with Crippen LogP contribution in [0.15, 0.2) is 12.3 Å². The molecule has 0 bridgehead atoms. The van der Waals surface area contributed by atoms with Crippen molar-refractivity contribution < 1.29 is 5.11 Å². The largest absolute Gasteiger partial charge is 0.388 e. The Morgan fingerprint density at radius 1 is 1.25 bits per heavy atom. The predicted molar refractivity (Wildman–Crippen MR) is 83.1 cm³/mol. The van der Waals surface area contributed by atoms with Gasteiger partial charge in [-0.05, 0) is 44.4 Å². The lowest BCUT2D eigenvalue weighted by atomic mass is 10.1. The SMILES string of the molecule is CC[C@H](O)c1cnc(N2CCN(C(C)C)CC2)c(C)c1. The van der Waals surface area contributed by atoms with Gasteiger partial charge in [-0.2, -0.15) is 0 Å². The lowest BCUT2D eigenvalue weighted by Crippen LogP contribution is -2.49. The summed E-state index contributed by atoms with van der Waals surface area (Å²) in [5.41, 5.74) is 2.09. The van der Waals surface area contributed by atoms with E-state index in [0.29, 0.717) is 6.04 Å². The molecule has 0 radical (unpaired) electrons. The van der Waals surface area contributed by atoms with E-state index in [-0.39, 0.29) is 0 Å². The minimum Gasteiger partial charge on any atom is -0.388 e. The topological polar surface area (TPSA) is 39.6 Å². The summed E-state index contributed by atoms with van der Waals surface area (Å²) in [4.78, 5) is 9.45. The molecule has 1 fully saturated rings. The number of nitrogens with zero attached hydrogens (tertiary/aromatic N) is 3. The Morgan fingerprint density at radius 2 is 1.90 bits per heavy atom. The van der Waals surface area contributed by atoms with Crippen molar-refractivity contribution in [2.24, 2.45) is 0 Å². The molecule has 4 heteroatoms. The summed E-state index contributed by atoms with van der Waals surface area (Å²) in [7, 11) is 0. The van der Waals surface area contributed by atoms with Crippen LogP contribution < -0.4 is 4.90 Å². The van der Waals surface area contributed by atoms with Crippen LogP contribution in [0.4, 0.5) is 5.82 Å². The minimum atomic E-state index is -0.395. The highest BCUT2D eigenvalue weighted by Crippen LogP contribution is 2.23. The number of piperazine rings is 1. The first kappa shape index (κ1) is 15.3. The fourth-order valence-corrected chi connectivity index (χ4v) is 2.79. The third-order valence-electron chi connectivity index (χ3n) is 4.19. The van der Waals surface area contributed by atoms with Gasteiger partial charge in [0.15, 0.2) is 0 Å². The van der Waals surface area contributed by atoms with Gasteiger partial charge < -0.3 is 10.0 Å². The number of aromatic nitrogens is 1. The average Bonchev–Trinajstić information content (AvgIpc) is 2.46. The van der Waals surface area contributed by atoms with Crippen molar-refractivity contribution in [1.29, 1.82) is 0 Å². The van der Waals surface area contributed by atoms with Gasteiger partial charge in [-0.3, -0.25) is 4.90 Å². The highest BCUT2D eigenvalue weighted by atomic mass is 16.3. The number of hydrogen-bond donors (Lipinski definition) is 1. The lowest BCUT2D eigenvalue weighted by molar-refractivity contribution is 0.173. The van der Waals surface area contributed by atoms with Crippen molar-refractivity contribution in [3.05, 3.63) is 23.4 Å². The molecule has 0 amide bonds. The number of hydrogen-bond acceptors (Lipinski definition) is 4. The molecular formula is C16H27N3O. The van der Waals surface area contributed by atoms with Crippen molar-refractivity contribution in [3.63, 3.8) is 0 Å². The van der Waals surface area contributed by atoms with Gasteiger partial charge >= 0.3 is 0 Å². The van der Waals surface area contributed by atoms with Crippen LogP contribution in [0.5, 0.6) is 0 Å². The van der Waals surface area contributed by atoms with Crippen LogP contribution in [0.25, 0.3) is 0 Å². The Bertz CT molecular complexity index is 439. The monoisotopic (exact) mass is 277 g/mol. The summed E-state index contributed by atoms with van der Waals surface area (Å²) in [5.74, 6) is 1.07. The molecule has 0 unspecified atom stereocenters. The van der Waals surface area contributed by atoms with E-state index in [4.69, 9.17) is 0 Å². The van der Waals surface area contributed by atoms with Gasteiger partial charge in [0.2, 0.25) is 0 Å². The van der Waals surface area contributed by atoms with E-state index in [2.05, 4.69) is 41.6 Å². The van der Waals surface area contributed by atoms with Crippen LogP contribution in [0.1, 0.15) is 44.4 Å². The van der Waals surface area contributed by atoms with Crippen molar-refractivity contribution in [3.8, 4) is 0 Å². The first-order chi connectivity index (χ1) is 9.52. The predicted octanol–water partition coefficient (Wildman–Crippen LogP) is 2.36. The zero-order valence-corrected chi connectivity index (χ0v) is 13.1. The van der Waals surface area contributed by atoms with Crippen LogP contribution in [0.2, 0.25) is 0 Å². The van der Waals surface area contributed by atoms with E-state index in [1.165, 1.54) is 0 Å². The highest BCUT2D eigenvalue weighted by Gasteiger charge is 2.21. The van der Waals surface area contributed by atoms with Gasteiger partial charge in [0.25, 0.3) is 0 Å². The van der Waals surface area contributed by atoms with E-state index in [1.54, 1.807) is 0 Å². The molecule has 112 valence electrons. The van der Waals surface area contributed by atoms with Crippen LogP contribution in [-0.2, 0) is 0 Å². The van der Waals surface area contributed by atoms with E-state index in [1.807, 2.05) is 13.1 Å². The second-order valence-electron chi connectivity index (χ2n) is 5.95. The van der Waals surface area contributed by atoms with Crippen LogP contribution in [0, 0.1) is 6.92 Å². The summed E-state index contributed by atoms with van der Waals surface area (Å²) in [6, 6.07) is 2.69. The maximum Gasteiger partial charge on any atom is 0.131 e. The molecule has 4 nitrogen and oxygen atoms in total. The molecule has 2 heterocycles. The fraction of sp³-hybridized carbons (Fsp3) is 0.688. The zero-order valence-electron chi connectivity index (χ0n) is 13.1. The number of aryl methyl sites for hydroxylation is 1. The number of aliphatic hydroxyl groups excluding tert-OH is 1. The van der Waals surface area contributed by atoms with Gasteiger partial charge in [0.05, 0.1) is 6.10 Å². The molecule has 1 aliphatic heterocycles. The molecule has 1 N–H and O–H groups in total. The van der Waals surface area contributed by atoms with E-state index < -0.39 is 6.10 Å². The maximum atomic E-state index is 9.89. The quantitative estimate of drug-likeness (QED) is 0.917. The molecule has 1 aromatic rings. The van der Waals surface area contributed by atoms with E-state index in [9.17, 15) is 5.11 Å². The van der Waals surface area contributed by atoms with Crippen LogP contribution in [-0.4, -0.2) is 47.2 Å². The van der Waals surface area contributed by atoms with Crippen molar-refractivity contribution in [1.82, 2.24) is 9.88 Å². The summed E-state index contributed by atoms with van der Waals surface area (Å²) >= 11 is 0. The van der Waals surface area contributed by atoms with E-state index >= 15 is 0 Å². The Morgan fingerprint density at radius 3 is 2.40 bits per heavy atom. The average molecular weight is 277 g/mol. The number of aliphatic hydroxyl groups is 1. The zero-order chi connectivity index (χ0) is 14.7. The molecule has 0 saturated carbocycles. The normalized spacial score (nSPS) is 18.6. The van der Waals surface area contributed by atoms with Crippen molar-refractivity contribution in [2.45, 2.75) is 46.3 Å². The molecule has 0 spiro atoms. The van der Waals surface area contributed by atoms with Crippen molar-refractivity contribution in [2.75, 3.05) is 31.1 Å². The molecule has 1 aliphatic rings. The number of anilines is 1. The van der Waals surface area contributed by atoms with Crippen LogP contribution >= 0.6 is 0 Å².